The first-order valence-electron chi connectivity index (χ1n) is 15.7. The topological polar surface area (TPSA) is 92.4 Å². The molecule has 0 saturated carbocycles. The van der Waals surface area contributed by atoms with Crippen molar-refractivity contribution < 1.29 is 13.5 Å². The SMILES string of the molecule is C#Cc1c(F)ccc2cccc(-c3ncc4c(N5CC6CCC(C5)N6)nc(OCC56CCC(CN)N5CC(=C)C6)nc4c3F)c12. The minimum atomic E-state index is -0.628. The third kappa shape index (κ3) is 4.56. The number of fused-ring (bicyclic) bond motifs is 5. The van der Waals surface area contributed by atoms with Crippen molar-refractivity contribution in [1.29, 1.82) is 0 Å². The van der Waals surface area contributed by atoms with Gasteiger partial charge in [-0.1, -0.05) is 42.3 Å². The van der Waals surface area contributed by atoms with Crippen molar-refractivity contribution in [1.82, 2.24) is 25.2 Å². The monoisotopic (exact) mass is 607 g/mol. The van der Waals surface area contributed by atoms with Gasteiger partial charge in [-0.05, 0) is 43.6 Å². The zero-order chi connectivity index (χ0) is 30.9. The van der Waals surface area contributed by atoms with Gasteiger partial charge in [-0.25, -0.2) is 8.78 Å². The zero-order valence-electron chi connectivity index (χ0n) is 25.0. The Kier molecular flexibility index (Phi) is 6.75. The molecule has 8 nitrogen and oxygen atoms in total. The molecule has 6 heterocycles. The number of pyridine rings is 1. The van der Waals surface area contributed by atoms with E-state index in [-0.39, 0.29) is 34.4 Å². The van der Waals surface area contributed by atoms with Gasteiger partial charge in [-0.3, -0.25) is 9.88 Å². The predicted octanol–water partition coefficient (Wildman–Crippen LogP) is 4.55. The quantitative estimate of drug-likeness (QED) is 0.244. The van der Waals surface area contributed by atoms with Crippen LogP contribution in [-0.4, -0.2) is 76.3 Å². The van der Waals surface area contributed by atoms with Gasteiger partial charge in [0.1, 0.15) is 29.5 Å². The Hall–Kier alpha value is -4.17. The number of anilines is 1. The van der Waals surface area contributed by atoms with E-state index in [0.29, 0.717) is 52.8 Å². The molecule has 4 unspecified atom stereocenters. The van der Waals surface area contributed by atoms with Gasteiger partial charge in [0.2, 0.25) is 0 Å². The van der Waals surface area contributed by atoms with Crippen LogP contribution in [0.15, 0.2) is 48.7 Å². The molecular weight excluding hydrogens is 572 g/mol. The summed E-state index contributed by atoms with van der Waals surface area (Å²) in [7, 11) is 0. The van der Waals surface area contributed by atoms with Crippen LogP contribution in [0.25, 0.3) is 32.9 Å². The molecule has 45 heavy (non-hydrogen) atoms. The fourth-order valence-corrected chi connectivity index (χ4v) is 8.20. The third-order valence-electron chi connectivity index (χ3n) is 10.3. The molecule has 4 fully saturated rings. The van der Waals surface area contributed by atoms with Crippen LogP contribution in [0, 0.1) is 24.0 Å². The summed E-state index contributed by atoms with van der Waals surface area (Å²) in [6.07, 6.45) is 12.3. The molecule has 4 atom stereocenters. The zero-order valence-corrected chi connectivity index (χ0v) is 25.0. The highest BCUT2D eigenvalue weighted by Crippen LogP contribution is 2.44. The van der Waals surface area contributed by atoms with E-state index >= 15 is 4.39 Å². The van der Waals surface area contributed by atoms with E-state index < -0.39 is 11.6 Å². The maximum Gasteiger partial charge on any atom is 0.319 e. The molecule has 10 heteroatoms. The number of ether oxygens (including phenoxy) is 1. The fraction of sp³-hybridized carbons (Fsp3) is 0.400. The van der Waals surface area contributed by atoms with Crippen LogP contribution in [-0.2, 0) is 0 Å². The van der Waals surface area contributed by atoms with Crippen molar-refractivity contribution in [3.63, 3.8) is 0 Å². The average molecular weight is 608 g/mol. The van der Waals surface area contributed by atoms with E-state index in [4.69, 9.17) is 21.9 Å². The number of nitrogens with one attached hydrogen (secondary N) is 1. The van der Waals surface area contributed by atoms with E-state index in [0.717, 1.165) is 57.3 Å². The second-order valence-electron chi connectivity index (χ2n) is 13.0. The van der Waals surface area contributed by atoms with Crippen LogP contribution < -0.4 is 20.7 Å². The maximum absolute atomic E-state index is 16.8. The van der Waals surface area contributed by atoms with Crippen LogP contribution in [0.3, 0.4) is 0 Å². The summed E-state index contributed by atoms with van der Waals surface area (Å²) >= 11 is 0. The van der Waals surface area contributed by atoms with Gasteiger partial charge in [-0.2, -0.15) is 9.97 Å². The van der Waals surface area contributed by atoms with Gasteiger partial charge in [0.15, 0.2) is 5.82 Å². The van der Waals surface area contributed by atoms with Crippen LogP contribution in [0.2, 0.25) is 0 Å². The van der Waals surface area contributed by atoms with Crippen molar-refractivity contribution in [3.8, 4) is 29.6 Å². The number of hydrogen-bond donors (Lipinski definition) is 2. The highest BCUT2D eigenvalue weighted by molar-refractivity contribution is 6.02. The Bertz CT molecular complexity index is 1900. The van der Waals surface area contributed by atoms with E-state index in [1.807, 2.05) is 6.07 Å². The van der Waals surface area contributed by atoms with Crippen LogP contribution in [0.5, 0.6) is 6.01 Å². The molecular formula is C35H35F2N7O. The van der Waals surface area contributed by atoms with Gasteiger partial charge < -0.3 is 20.7 Å². The van der Waals surface area contributed by atoms with Gasteiger partial charge in [0, 0.05) is 61.5 Å². The Morgan fingerprint density at radius 2 is 1.96 bits per heavy atom. The second kappa shape index (κ2) is 10.7. The normalized spacial score (nSPS) is 26.1. The van der Waals surface area contributed by atoms with Crippen molar-refractivity contribution in [3.05, 3.63) is 65.9 Å². The predicted molar refractivity (Wildman–Crippen MR) is 171 cm³/mol. The molecule has 230 valence electrons. The Labute approximate surface area is 260 Å². The lowest BCUT2D eigenvalue weighted by molar-refractivity contribution is 0.0865. The number of halogens is 2. The molecule has 4 aliphatic heterocycles. The summed E-state index contributed by atoms with van der Waals surface area (Å²) in [5.74, 6) is 1.89. The first-order valence-corrected chi connectivity index (χ1v) is 15.7. The first kappa shape index (κ1) is 28.3. The van der Waals surface area contributed by atoms with Crippen LogP contribution >= 0.6 is 0 Å². The van der Waals surface area contributed by atoms with E-state index in [2.05, 4.69) is 37.6 Å². The smallest absolute Gasteiger partial charge is 0.319 e. The van der Waals surface area contributed by atoms with Crippen LogP contribution in [0.4, 0.5) is 14.6 Å². The third-order valence-corrected chi connectivity index (χ3v) is 10.3. The Balaban J connectivity index is 1.25. The fourth-order valence-electron chi connectivity index (χ4n) is 8.20. The average Bonchev–Trinajstić information content (AvgIpc) is 3.68. The lowest BCUT2D eigenvalue weighted by atomic mass is 9.94. The highest BCUT2D eigenvalue weighted by atomic mass is 19.1. The second-order valence-corrected chi connectivity index (χ2v) is 13.0. The Morgan fingerprint density at radius 1 is 1.13 bits per heavy atom. The summed E-state index contributed by atoms with van der Waals surface area (Å²) in [5, 5.41) is 5.29. The lowest BCUT2D eigenvalue weighted by Crippen LogP contribution is -2.51. The number of terminal acetylenes is 1. The summed E-state index contributed by atoms with van der Waals surface area (Å²) in [5.41, 5.74) is 7.67. The van der Waals surface area contributed by atoms with Crippen molar-refractivity contribution in [2.75, 3.05) is 37.7 Å². The lowest BCUT2D eigenvalue weighted by Gasteiger charge is -2.35. The molecule has 4 saturated heterocycles. The van der Waals surface area contributed by atoms with E-state index in [1.165, 1.54) is 6.07 Å². The highest BCUT2D eigenvalue weighted by Gasteiger charge is 2.50. The largest absolute Gasteiger partial charge is 0.461 e. The molecule has 4 aliphatic rings. The minimum Gasteiger partial charge on any atom is -0.461 e. The summed E-state index contributed by atoms with van der Waals surface area (Å²) in [6, 6.07) is 9.36. The van der Waals surface area contributed by atoms with Gasteiger partial charge in [0.05, 0.1) is 16.5 Å². The standard InChI is InChI=1S/C35H35F2N7O/c1-3-25-28(36)10-7-21-5-4-6-26(29(21)25)31-30(37)32-27(15-39-31)33(43-17-22-8-9-23(18-43)40-22)42-34(41-32)45-19-35-12-11-24(14-38)44(35)16-20(2)13-35/h1,4-7,10,15,22-24,40H,2,8-9,11-14,16-19,38H2. The summed E-state index contributed by atoms with van der Waals surface area (Å²) < 4.78 is 38.0. The van der Waals surface area contributed by atoms with Gasteiger partial charge >= 0.3 is 6.01 Å². The molecule has 2 bridgehead atoms. The Morgan fingerprint density at radius 3 is 2.73 bits per heavy atom. The summed E-state index contributed by atoms with van der Waals surface area (Å²) in [4.78, 5) is 18.8. The molecule has 8 rings (SSSR count). The molecule has 3 N–H and O–H groups in total. The summed E-state index contributed by atoms with van der Waals surface area (Å²) in [6.45, 7) is 7.48. The number of nitrogens with two attached hydrogens (primary N) is 1. The molecule has 2 aromatic heterocycles. The number of piperazine rings is 1. The molecule has 2 aromatic carbocycles. The molecule has 0 aliphatic carbocycles. The van der Waals surface area contributed by atoms with Crippen molar-refractivity contribution >= 4 is 27.5 Å². The molecule has 0 spiro atoms. The van der Waals surface area contributed by atoms with E-state index in [9.17, 15) is 4.39 Å². The molecule has 0 radical (unpaired) electrons. The van der Waals surface area contributed by atoms with Crippen molar-refractivity contribution in [2.45, 2.75) is 55.8 Å². The number of benzene rings is 2. The van der Waals surface area contributed by atoms with Crippen molar-refractivity contribution in [2.24, 2.45) is 5.73 Å². The van der Waals surface area contributed by atoms with Crippen LogP contribution in [0.1, 0.15) is 37.7 Å². The minimum absolute atomic E-state index is 0.0459. The first-order chi connectivity index (χ1) is 21.9. The van der Waals surface area contributed by atoms with Gasteiger partial charge in [0.25, 0.3) is 0 Å². The number of hydrogen-bond acceptors (Lipinski definition) is 8. The number of rotatable bonds is 6. The van der Waals surface area contributed by atoms with E-state index in [1.54, 1.807) is 24.4 Å². The molecule has 0 amide bonds. The maximum atomic E-state index is 16.8. The number of aromatic nitrogens is 3. The van der Waals surface area contributed by atoms with Gasteiger partial charge in [-0.15, -0.1) is 6.42 Å². The number of nitrogens with zero attached hydrogens (tertiary/aromatic N) is 5. The molecule has 4 aromatic rings.